The van der Waals surface area contributed by atoms with Crippen molar-refractivity contribution >= 4 is 11.6 Å². The lowest BCUT2D eigenvalue weighted by Gasteiger charge is -1.93. The first-order chi connectivity index (χ1) is 4.83. The summed E-state index contributed by atoms with van der Waals surface area (Å²) < 4.78 is 12.2. The van der Waals surface area contributed by atoms with E-state index >= 15 is 0 Å². The highest BCUT2D eigenvalue weighted by Crippen LogP contribution is 2.00. The van der Waals surface area contributed by atoms with Gasteiger partial charge in [-0.3, -0.25) is 0 Å². The Morgan fingerprint density at radius 1 is 1.50 bits per heavy atom. The van der Waals surface area contributed by atoms with Crippen LogP contribution in [0.2, 0.25) is 0 Å². The van der Waals surface area contributed by atoms with Gasteiger partial charge in [-0.1, -0.05) is 6.07 Å². The summed E-state index contributed by atoms with van der Waals surface area (Å²) in [7, 11) is 0. The fourth-order valence-corrected chi connectivity index (χ4v) is 0.882. The van der Waals surface area contributed by atoms with Gasteiger partial charge in [-0.2, -0.15) is 4.39 Å². The molecular formula is C7H7ClFN. The Morgan fingerprint density at radius 2 is 2.30 bits per heavy atom. The molecule has 0 amide bonds. The number of alkyl halides is 1. The van der Waals surface area contributed by atoms with Crippen molar-refractivity contribution in [1.29, 1.82) is 0 Å². The van der Waals surface area contributed by atoms with Crippen molar-refractivity contribution in [2.45, 2.75) is 6.42 Å². The number of aromatic nitrogens is 1. The van der Waals surface area contributed by atoms with E-state index in [1.807, 2.05) is 0 Å². The van der Waals surface area contributed by atoms with Crippen LogP contribution in [0.25, 0.3) is 0 Å². The smallest absolute Gasteiger partial charge is 0.212 e. The van der Waals surface area contributed by atoms with Gasteiger partial charge >= 0.3 is 0 Å². The molecule has 0 radical (unpaired) electrons. The van der Waals surface area contributed by atoms with Crippen molar-refractivity contribution in [3.63, 3.8) is 0 Å². The Bertz CT molecular complexity index is 197. The van der Waals surface area contributed by atoms with Crippen LogP contribution in [-0.4, -0.2) is 10.9 Å². The van der Waals surface area contributed by atoms with Gasteiger partial charge < -0.3 is 0 Å². The summed E-state index contributed by atoms with van der Waals surface area (Å²) in [5.41, 5.74) is 0.969. The van der Waals surface area contributed by atoms with Crippen LogP contribution in [-0.2, 0) is 6.42 Å². The fraction of sp³-hybridized carbons (Fsp3) is 0.286. The molecule has 0 atom stereocenters. The summed E-state index contributed by atoms with van der Waals surface area (Å²) in [4.78, 5) is 3.47. The second-order valence-corrected chi connectivity index (χ2v) is 2.31. The number of rotatable bonds is 2. The Balaban J connectivity index is 2.69. The van der Waals surface area contributed by atoms with Crippen LogP contribution in [0.5, 0.6) is 0 Å². The van der Waals surface area contributed by atoms with E-state index in [4.69, 9.17) is 11.6 Å². The Labute approximate surface area is 63.8 Å². The third-order valence-corrected chi connectivity index (χ3v) is 1.36. The molecule has 1 aromatic rings. The molecule has 0 spiro atoms. The van der Waals surface area contributed by atoms with Gasteiger partial charge in [0.2, 0.25) is 5.95 Å². The van der Waals surface area contributed by atoms with E-state index in [0.29, 0.717) is 5.88 Å². The first kappa shape index (κ1) is 7.48. The molecule has 54 valence electrons. The van der Waals surface area contributed by atoms with Gasteiger partial charge in [0, 0.05) is 12.1 Å². The molecule has 1 nitrogen and oxygen atoms in total. The van der Waals surface area contributed by atoms with Gasteiger partial charge in [-0.15, -0.1) is 11.6 Å². The van der Waals surface area contributed by atoms with Crippen LogP contribution >= 0.6 is 11.6 Å². The van der Waals surface area contributed by atoms with Crippen LogP contribution < -0.4 is 0 Å². The number of hydrogen-bond acceptors (Lipinski definition) is 1. The third-order valence-electron chi connectivity index (χ3n) is 1.17. The SMILES string of the molecule is Fc1ccc(CCCl)cn1. The van der Waals surface area contributed by atoms with E-state index < -0.39 is 5.95 Å². The molecule has 0 aliphatic carbocycles. The van der Waals surface area contributed by atoms with E-state index in [0.717, 1.165) is 12.0 Å². The predicted molar refractivity (Wildman–Crippen MR) is 38.6 cm³/mol. The molecule has 0 aliphatic rings. The fourth-order valence-electron chi connectivity index (χ4n) is 0.663. The lowest BCUT2D eigenvalue weighted by atomic mass is 10.2. The van der Waals surface area contributed by atoms with Crippen LogP contribution in [0.4, 0.5) is 4.39 Å². The van der Waals surface area contributed by atoms with E-state index in [-0.39, 0.29) is 0 Å². The minimum Gasteiger partial charge on any atom is -0.228 e. The Hall–Kier alpha value is -0.630. The Morgan fingerprint density at radius 3 is 2.80 bits per heavy atom. The molecular weight excluding hydrogens is 153 g/mol. The summed E-state index contributed by atoms with van der Waals surface area (Å²) in [6.45, 7) is 0. The zero-order valence-electron chi connectivity index (χ0n) is 5.35. The number of hydrogen-bond donors (Lipinski definition) is 0. The monoisotopic (exact) mass is 159 g/mol. The molecule has 0 bridgehead atoms. The van der Waals surface area contributed by atoms with E-state index in [9.17, 15) is 4.39 Å². The lowest BCUT2D eigenvalue weighted by molar-refractivity contribution is 0.582. The topological polar surface area (TPSA) is 12.9 Å². The molecule has 0 fully saturated rings. The molecule has 1 heterocycles. The van der Waals surface area contributed by atoms with Crippen molar-refractivity contribution in [1.82, 2.24) is 4.98 Å². The van der Waals surface area contributed by atoms with Gasteiger partial charge in [-0.25, -0.2) is 4.98 Å². The highest BCUT2D eigenvalue weighted by atomic mass is 35.5. The van der Waals surface area contributed by atoms with Gasteiger partial charge in [0.05, 0.1) is 0 Å². The maximum Gasteiger partial charge on any atom is 0.212 e. The first-order valence-electron chi connectivity index (χ1n) is 2.99. The van der Waals surface area contributed by atoms with Crippen molar-refractivity contribution in [3.05, 3.63) is 29.8 Å². The van der Waals surface area contributed by atoms with Gasteiger partial charge in [-0.05, 0) is 18.1 Å². The average Bonchev–Trinajstić information content (AvgIpc) is 1.95. The largest absolute Gasteiger partial charge is 0.228 e. The molecule has 0 unspecified atom stereocenters. The van der Waals surface area contributed by atoms with Gasteiger partial charge in [0.15, 0.2) is 0 Å². The summed E-state index contributed by atoms with van der Waals surface area (Å²) in [6, 6.07) is 3.02. The molecule has 0 saturated carbocycles. The third kappa shape index (κ3) is 1.95. The molecule has 0 aromatic carbocycles. The van der Waals surface area contributed by atoms with Crippen LogP contribution in [0.3, 0.4) is 0 Å². The van der Waals surface area contributed by atoms with E-state index in [2.05, 4.69) is 4.98 Å². The quantitative estimate of drug-likeness (QED) is 0.475. The summed E-state index contributed by atoms with van der Waals surface area (Å²) >= 11 is 5.45. The molecule has 1 aromatic heterocycles. The second kappa shape index (κ2) is 3.52. The van der Waals surface area contributed by atoms with Crippen molar-refractivity contribution in [3.8, 4) is 0 Å². The highest BCUT2D eigenvalue weighted by Gasteiger charge is 1.92. The lowest BCUT2D eigenvalue weighted by Crippen LogP contribution is -1.88. The van der Waals surface area contributed by atoms with E-state index in [1.54, 1.807) is 6.07 Å². The van der Waals surface area contributed by atoms with Crippen LogP contribution in [0.1, 0.15) is 5.56 Å². The van der Waals surface area contributed by atoms with Gasteiger partial charge in [0.25, 0.3) is 0 Å². The molecule has 3 heteroatoms. The van der Waals surface area contributed by atoms with Gasteiger partial charge in [0.1, 0.15) is 0 Å². The zero-order chi connectivity index (χ0) is 7.40. The second-order valence-electron chi connectivity index (χ2n) is 1.93. The molecule has 1 rings (SSSR count). The maximum atomic E-state index is 12.2. The zero-order valence-corrected chi connectivity index (χ0v) is 6.11. The minimum absolute atomic E-state index is 0.446. The standard InChI is InChI=1S/C7H7ClFN/c8-4-3-6-1-2-7(9)10-5-6/h1-2,5H,3-4H2. The number of nitrogens with zero attached hydrogens (tertiary/aromatic N) is 1. The molecule has 0 saturated heterocycles. The van der Waals surface area contributed by atoms with Crippen molar-refractivity contribution in [2.75, 3.05) is 5.88 Å². The van der Waals surface area contributed by atoms with Crippen molar-refractivity contribution < 1.29 is 4.39 Å². The minimum atomic E-state index is -0.446. The maximum absolute atomic E-state index is 12.2. The number of aryl methyl sites for hydroxylation is 1. The van der Waals surface area contributed by atoms with Crippen molar-refractivity contribution in [2.24, 2.45) is 0 Å². The predicted octanol–water partition coefficient (Wildman–Crippen LogP) is 2.00. The summed E-state index contributed by atoms with van der Waals surface area (Å²) in [5.74, 6) is 0.103. The van der Waals surface area contributed by atoms with E-state index in [1.165, 1.54) is 12.3 Å². The molecule has 10 heavy (non-hydrogen) atoms. The average molecular weight is 160 g/mol. The number of halogens is 2. The summed E-state index contributed by atoms with van der Waals surface area (Å²) in [5, 5.41) is 0. The van der Waals surface area contributed by atoms with Crippen LogP contribution in [0, 0.1) is 5.95 Å². The number of pyridine rings is 1. The summed E-state index contributed by atoms with van der Waals surface area (Å²) in [6.07, 6.45) is 2.24. The van der Waals surface area contributed by atoms with Crippen LogP contribution in [0.15, 0.2) is 18.3 Å². The first-order valence-corrected chi connectivity index (χ1v) is 3.53. The highest BCUT2D eigenvalue weighted by molar-refractivity contribution is 6.17. The Kier molecular flexibility index (Phi) is 2.63. The normalized spacial score (nSPS) is 9.80. The molecule has 0 aliphatic heterocycles. The molecule has 0 N–H and O–H groups in total.